The number of carbonyl (C=O) groups is 6. The molecular weight excluding hydrogens is 815 g/mol. The fourth-order valence-corrected chi connectivity index (χ4v) is 10.8. The van der Waals surface area contributed by atoms with E-state index in [1.165, 1.54) is 44.2 Å². The van der Waals surface area contributed by atoms with E-state index < -0.39 is 113 Å². The molecule has 4 aliphatic carbocycles. The summed E-state index contributed by atoms with van der Waals surface area (Å²) < 4.78 is 35.8. The van der Waals surface area contributed by atoms with Gasteiger partial charge in [-0.15, -0.1) is 11.3 Å². The summed E-state index contributed by atoms with van der Waals surface area (Å²) in [7, 11) is 0. The van der Waals surface area contributed by atoms with E-state index in [2.05, 4.69) is 5.32 Å². The van der Waals surface area contributed by atoms with Crippen molar-refractivity contribution >= 4 is 47.1 Å². The van der Waals surface area contributed by atoms with Gasteiger partial charge in [0.1, 0.15) is 36.1 Å². The van der Waals surface area contributed by atoms with E-state index in [-0.39, 0.29) is 42.3 Å². The Morgan fingerprint density at radius 1 is 1.00 bits per heavy atom. The van der Waals surface area contributed by atoms with Crippen molar-refractivity contribution in [3.63, 3.8) is 0 Å². The fourth-order valence-electron chi connectivity index (χ4n) is 9.99. The van der Waals surface area contributed by atoms with Gasteiger partial charge in [-0.3, -0.25) is 14.4 Å². The molecule has 1 aromatic heterocycles. The molecular formula is C44H53NO15S. The first-order chi connectivity index (χ1) is 28.8. The van der Waals surface area contributed by atoms with Crippen LogP contribution >= 0.6 is 11.3 Å². The Hall–Kier alpha value is -4.68. The summed E-state index contributed by atoms with van der Waals surface area (Å²) >= 11 is 1.17. The fraction of sp³-hybridized carbons (Fsp3) is 0.591. The number of aliphatic hydroxyl groups is 3. The molecule has 1 amide bonds. The lowest BCUT2D eigenvalue weighted by Crippen LogP contribution is -2.82. The molecule has 330 valence electrons. The molecule has 0 spiro atoms. The topological polar surface area (TPSA) is 231 Å². The van der Waals surface area contributed by atoms with E-state index in [9.17, 15) is 39.3 Å². The monoisotopic (exact) mass is 867 g/mol. The minimum Gasteiger partial charge on any atom is -0.456 e. The first-order valence-corrected chi connectivity index (χ1v) is 21.5. The average Bonchev–Trinajstić information content (AvgIpc) is 3.74. The number of aliphatic hydroxyl groups excluding tert-OH is 2. The van der Waals surface area contributed by atoms with Crippen LogP contribution in [0.25, 0.3) is 0 Å². The van der Waals surface area contributed by atoms with Crippen LogP contribution in [-0.4, -0.2) is 112 Å². The number of ketones is 1. The molecule has 2 heterocycles. The Balaban J connectivity index is 1.38. The first kappa shape index (κ1) is 44.4. The van der Waals surface area contributed by atoms with Crippen LogP contribution in [0, 0.1) is 16.7 Å². The Morgan fingerprint density at radius 3 is 2.28 bits per heavy atom. The normalized spacial score (nSPS) is 33.7. The zero-order valence-electron chi connectivity index (χ0n) is 34.9. The number of amides is 1. The Bertz CT molecular complexity index is 2080. The smallest absolute Gasteiger partial charge is 0.408 e. The molecule has 11 atom stereocenters. The maximum atomic E-state index is 15.5. The van der Waals surface area contributed by atoms with Crippen molar-refractivity contribution in [3.05, 3.63) is 69.4 Å². The maximum Gasteiger partial charge on any atom is 0.408 e. The number of esters is 4. The van der Waals surface area contributed by atoms with Crippen molar-refractivity contribution in [3.8, 4) is 0 Å². The molecule has 4 N–H and O–H groups in total. The molecule has 0 radical (unpaired) electrons. The highest BCUT2D eigenvalue weighted by Gasteiger charge is 2.78. The number of rotatable bonds is 11. The second-order valence-electron chi connectivity index (χ2n) is 17.5. The molecule has 1 saturated heterocycles. The van der Waals surface area contributed by atoms with E-state index in [0.29, 0.717) is 17.7 Å². The van der Waals surface area contributed by atoms with Crippen molar-refractivity contribution in [2.45, 2.75) is 140 Å². The van der Waals surface area contributed by atoms with E-state index in [1.54, 1.807) is 49.6 Å². The van der Waals surface area contributed by atoms with Crippen LogP contribution in [0.15, 0.2) is 59.0 Å². The second kappa shape index (κ2) is 16.5. The highest BCUT2D eigenvalue weighted by molar-refractivity contribution is 7.10. The summed E-state index contributed by atoms with van der Waals surface area (Å²) in [6.07, 6.45) is -9.47. The minimum atomic E-state index is -2.38. The van der Waals surface area contributed by atoms with Gasteiger partial charge in [-0.25, -0.2) is 14.4 Å². The van der Waals surface area contributed by atoms with Crippen LogP contribution < -0.4 is 5.32 Å². The van der Waals surface area contributed by atoms with Crippen LogP contribution in [0.5, 0.6) is 0 Å². The van der Waals surface area contributed by atoms with Crippen LogP contribution in [0.2, 0.25) is 0 Å². The van der Waals surface area contributed by atoms with Crippen LogP contribution in [0.1, 0.15) is 101 Å². The maximum absolute atomic E-state index is 15.5. The van der Waals surface area contributed by atoms with Crippen LogP contribution in [0.3, 0.4) is 0 Å². The first-order valence-electron chi connectivity index (χ1n) is 20.6. The van der Waals surface area contributed by atoms with Gasteiger partial charge in [-0.1, -0.05) is 45.0 Å². The van der Waals surface area contributed by atoms with Gasteiger partial charge < -0.3 is 49.1 Å². The van der Waals surface area contributed by atoms with Crippen LogP contribution in [0.4, 0.5) is 4.79 Å². The van der Waals surface area contributed by atoms with Gasteiger partial charge in [-0.05, 0) is 67.8 Å². The van der Waals surface area contributed by atoms with Gasteiger partial charge in [0, 0.05) is 36.5 Å². The molecule has 17 heteroatoms. The Labute approximate surface area is 356 Å². The predicted molar refractivity (Wildman–Crippen MR) is 214 cm³/mol. The minimum absolute atomic E-state index is 0.0125. The summed E-state index contributed by atoms with van der Waals surface area (Å²) in [5.74, 6) is -6.12. The van der Waals surface area contributed by atoms with E-state index in [1.807, 2.05) is 0 Å². The molecule has 1 aliphatic heterocycles. The third kappa shape index (κ3) is 7.45. The molecule has 5 aliphatic rings. The largest absolute Gasteiger partial charge is 0.456 e. The molecule has 61 heavy (non-hydrogen) atoms. The number of alkyl carbamates (subject to hydrolysis) is 1. The highest BCUT2D eigenvalue weighted by atomic mass is 32.1. The average molecular weight is 868 g/mol. The standard InChI is InChI=1S/C44H53NO15S/c1-7-30(48)58-34-31-22(2)26(57-39(52)33(49)32(27-17-12-18-61-27)45-40(53)56-25-15-11-16-25)20-44(54,41(31,4)5)37(59-38(51)24-13-9-8-10-14-24)35-42(6,36(34)50)28(47)19-29-43(35,21-55-29)60-23(3)46/h8-10,12-14,17-18,25-26,28-29,32-35,37,47,49,54H,7,11,15-16,19-21H2,1-6H3,(H,45,53)/t26-,28?,29+,32-,33+,34?,35?,37?,42+,43-,44+/m0/s1. The quantitative estimate of drug-likeness (QED) is 0.142. The van der Waals surface area contributed by atoms with Crippen molar-refractivity contribution in [1.82, 2.24) is 5.32 Å². The molecule has 7 rings (SSSR count). The number of hydrogen-bond donors (Lipinski definition) is 4. The predicted octanol–water partition coefficient (Wildman–Crippen LogP) is 4.04. The molecule has 16 nitrogen and oxygen atoms in total. The van der Waals surface area contributed by atoms with Gasteiger partial charge in [0.25, 0.3) is 0 Å². The third-order valence-electron chi connectivity index (χ3n) is 13.7. The summed E-state index contributed by atoms with van der Waals surface area (Å²) in [6, 6.07) is 9.83. The number of benzene rings is 1. The zero-order chi connectivity index (χ0) is 44.2. The SMILES string of the molecule is CCC(=O)OC1C(=O)[C@]2(C)C(O)C[C@H]3OC[C@@]3(OC(C)=O)C2C(OC(=O)c2ccccc2)[C@]2(O)C[C@H](OC(=O)[C@H](O)[C@@H](NC(=O)OC3CCC3)c3cccs3)C(C)=C1C2(C)C. The van der Waals surface area contributed by atoms with E-state index in [0.717, 1.165) is 13.3 Å². The second-order valence-corrected chi connectivity index (χ2v) is 18.4. The number of carbonyl (C=O) groups excluding carboxylic acids is 6. The summed E-state index contributed by atoms with van der Waals surface area (Å²) in [6.45, 7) is 8.46. The molecule has 2 bridgehead atoms. The third-order valence-corrected chi connectivity index (χ3v) is 14.7. The van der Waals surface area contributed by atoms with Gasteiger partial charge in [0.05, 0.1) is 29.6 Å². The van der Waals surface area contributed by atoms with Gasteiger partial charge in [-0.2, -0.15) is 0 Å². The number of hydrogen-bond acceptors (Lipinski definition) is 16. The number of thiophene rings is 1. The lowest BCUT2D eigenvalue weighted by atomic mass is 9.44. The van der Waals surface area contributed by atoms with E-state index in [4.69, 9.17) is 28.4 Å². The van der Waals surface area contributed by atoms with Gasteiger partial charge >= 0.3 is 30.0 Å². The molecule has 4 unspecified atom stereocenters. The van der Waals surface area contributed by atoms with Crippen molar-refractivity contribution in [2.75, 3.05) is 6.61 Å². The molecule has 4 fully saturated rings. The highest BCUT2D eigenvalue weighted by Crippen LogP contribution is 2.64. The van der Waals surface area contributed by atoms with E-state index >= 15 is 4.79 Å². The Kier molecular flexibility index (Phi) is 12.0. The van der Waals surface area contributed by atoms with Crippen molar-refractivity contribution < 1.29 is 72.5 Å². The number of Topliss-reactive ketones (excluding diaryl/α,β-unsaturated/α-hetero) is 1. The van der Waals surface area contributed by atoms with Crippen LogP contribution in [-0.2, 0) is 47.6 Å². The molecule has 1 aromatic carbocycles. The number of nitrogens with one attached hydrogen (secondary N) is 1. The zero-order valence-corrected chi connectivity index (χ0v) is 35.7. The number of ether oxygens (including phenoxy) is 6. The summed E-state index contributed by atoms with van der Waals surface area (Å²) in [5.41, 5.74) is -7.58. The molecule has 2 aromatic rings. The van der Waals surface area contributed by atoms with Gasteiger partial charge in [0.15, 0.2) is 23.6 Å². The Morgan fingerprint density at radius 2 is 1.70 bits per heavy atom. The summed E-state index contributed by atoms with van der Waals surface area (Å²) in [4.78, 5) is 83.7. The summed E-state index contributed by atoms with van der Waals surface area (Å²) in [5, 5.41) is 41.7. The molecule has 3 saturated carbocycles. The van der Waals surface area contributed by atoms with Crippen molar-refractivity contribution in [2.24, 2.45) is 16.7 Å². The lowest BCUT2D eigenvalue weighted by molar-refractivity contribution is -0.346. The van der Waals surface area contributed by atoms with Gasteiger partial charge in [0.2, 0.25) is 0 Å². The van der Waals surface area contributed by atoms with Crippen molar-refractivity contribution in [1.29, 1.82) is 0 Å². The lowest BCUT2D eigenvalue weighted by Gasteiger charge is -2.67. The number of fused-ring (bicyclic) bond motifs is 5.